The van der Waals surface area contributed by atoms with Crippen LogP contribution in [0.15, 0.2) is 54.6 Å². The highest BCUT2D eigenvalue weighted by molar-refractivity contribution is 7.92. The standard InChI is InChI=1S/C22H26N2O3S/c1-28(26,27)24(15-16-5-3-2-4-6-16)20-11-9-18(10-12-20)22(25)23-21-14-17-7-8-19(21)13-17/h2-6,9-12,17,19,21H,7-8,13-15H2,1H3,(H,23,25)/t17-,19-,21-/m1/s1. The van der Waals surface area contributed by atoms with E-state index < -0.39 is 10.0 Å². The van der Waals surface area contributed by atoms with E-state index >= 15 is 0 Å². The molecular weight excluding hydrogens is 372 g/mol. The van der Waals surface area contributed by atoms with Gasteiger partial charge < -0.3 is 5.32 Å². The van der Waals surface area contributed by atoms with Crippen LogP contribution in [0.25, 0.3) is 0 Å². The summed E-state index contributed by atoms with van der Waals surface area (Å²) in [5.41, 5.74) is 2.04. The van der Waals surface area contributed by atoms with Gasteiger partial charge in [0, 0.05) is 11.6 Å². The Kier molecular flexibility index (Phi) is 5.15. The van der Waals surface area contributed by atoms with Crippen molar-refractivity contribution in [3.05, 3.63) is 65.7 Å². The quantitative estimate of drug-likeness (QED) is 0.809. The van der Waals surface area contributed by atoms with E-state index in [0.717, 1.165) is 17.9 Å². The molecule has 1 N–H and O–H groups in total. The zero-order valence-corrected chi connectivity index (χ0v) is 16.9. The summed E-state index contributed by atoms with van der Waals surface area (Å²) in [5, 5.41) is 3.17. The minimum Gasteiger partial charge on any atom is -0.349 e. The average Bonchev–Trinajstić information content (AvgIpc) is 3.29. The number of nitrogens with one attached hydrogen (secondary N) is 1. The number of carbonyl (C=O) groups excluding carboxylic acids is 1. The van der Waals surface area contributed by atoms with Gasteiger partial charge in [-0.15, -0.1) is 0 Å². The van der Waals surface area contributed by atoms with Gasteiger partial charge >= 0.3 is 0 Å². The predicted molar refractivity (Wildman–Crippen MR) is 111 cm³/mol. The molecule has 0 saturated heterocycles. The maximum Gasteiger partial charge on any atom is 0.251 e. The zero-order chi connectivity index (χ0) is 19.7. The van der Waals surface area contributed by atoms with Crippen molar-refractivity contribution >= 4 is 21.6 Å². The summed E-state index contributed by atoms with van der Waals surface area (Å²) in [4.78, 5) is 12.6. The summed E-state index contributed by atoms with van der Waals surface area (Å²) in [6.45, 7) is 0.260. The van der Waals surface area contributed by atoms with Crippen LogP contribution in [-0.2, 0) is 16.6 Å². The SMILES string of the molecule is CS(=O)(=O)N(Cc1ccccc1)c1ccc(C(=O)N[C@@H]2C[C@@H]3CC[C@@H]2C3)cc1. The third-order valence-corrected chi connectivity index (χ3v) is 7.18. The Balaban J connectivity index is 1.48. The molecule has 0 spiro atoms. The number of hydrogen-bond donors (Lipinski definition) is 1. The highest BCUT2D eigenvalue weighted by Crippen LogP contribution is 2.44. The Hall–Kier alpha value is -2.34. The molecule has 6 heteroatoms. The number of carbonyl (C=O) groups is 1. The fourth-order valence-corrected chi connectivity index (χ4v) is 5.49. The first-order chi connectivity index (χ1) is 13.4. The normalized spacial score (nSPS) is 23.5. The summed E-state index contributed by atoms with van der Waals surface area (Å²) in [6, 6.07) is 16.6. The van der Waals surface area contributed by atoms with Gasteiger partial charge in [0.1, 0.15) is 0 Å². The molecular formula is C22H26N2O3S. The van der Waals surface area contributed by atoms with Crippen LogP contribution in [0, 0.1) is 11.8 Å². The molecule has 2 fully saturated rings. The second-order valence-electron chi connectivity index (χ2n) is 8.06. The molecule has 2 saturated carbocycles. The molecule has 1 amide bonds. The second-order valence-corrected chi connectivity index (χ2v) is 9.96. The topological polar surface area (TPSA) is 66.5 Å². The molecule has 3 atom stereocenters. The number of fused-ring (bicyclic) bond motifs is 2. The number of anilines is 1. The summed E-state index contributed by atoms with van der Waals surface area (Å²) >= 11 is 0. The van der Waals surface area contributed by atoms with Gasteiger partial charge in [-0.1, -0.05) is 36.8 Å². The van der Waals surface area contributed by atoms with Gasteiger partial charge in [0.15, 0.2) is 0 Å². The first kappa shape index (κ1) is 19.0. The van der Waals surface area contributed by atoms with Crippen LogP contribution in [0.2, 0.25) is 0 Å². The molecule has 2 aliphatic carbocycles. The van der Waals surface area contributed by atoms with Crippen molar-refractivity contribution in [3.63, 3.8) is 0 Å². The van der Waals surface area contributed by atoms with E-state index in [1.807, 2.05) is 30.3 Å². The largest absolute Gasteiger partial charge is 0.349 e. The molecule has 0 aliphatic heterocycles. The minimum atomic E-state index is -3.44. The van der Waals surface area contributed by atoms with Crippen molar-refractivity contribution in [2.24, 2.45) is 11.8 Å². The smallest absolute Gasteiger partial charge is 0.251 e. The van der Waals surface area contributed by atoms with Crippen LogP contribution in [0.5, 0.6) is 0 Å². The molecule has 2 aliphatic rings. The van der Waals surface area contributed by atoms with Crippen LogP contribution in [0.4, 0.5) is 5.69 Å². The van der Waals surface area contributed by atoms with Crippen molar-refractivity contribution in [2.75, 3.05) is 10.6 Å². The molecule has 2 aromatic rings. The maximum atomic E-state index is 12.6. The fourth-order valence-electron chi connectivity index (χ4n) is 4.60. The molecule has 0 heterocycles. The van der Waals surface area contributed by atoms with Gasteiger partial charge in [0.05, 0.1) is 18.5 Å². The molecule has 5 nitrogen and oxygen atoms in total. The molecule has 0 radical (unpaired) electrons. The first-order valence-electron chi connectivity index (χ1n) is 9.83. The summed E-state index contributed by atoms with van der Waals surface area (Å²) in [6.07, 6.45) is 6.05. The van der Waals surface area contributed by atoms with Gasteiger partial charge in [-0.05, 0) is 60.9 Å². The van der Waals surface area contributed by atoms with Crippen LogP contribution in [0.1, 0.15) is 41.6 Å². The third kappa shape index (κ3) is 4.07. The lowest BCUT2D eigenvalue weighted by molar-refractivity contribution is 0.0923. The lowest BCUT2D eigenvalue weighted by Crippen LogP contribution is -2.38. The Morgan fingerprint density at radius 1 is 1.04 bits per heavy atom. The van der Waals surface area contributed by atoms with Crippen molar-refractivity contribution < 1.29 is 13.2 Å². The van der Waals surface area contributed by atoms with E-state index in [1.165, 1.54) is 29.8 Å². The van der Waals surface area contributed by atoms with Gasteiger partial charge in [-0.25, -0.2) is 8.42 Å². The molecule has 2 aromatic carbocycles. The van der Waals surface area contributed by atoms with Crippen LogP contribution >= 0.6 is 0 Å². The Morgan fingerprint density at radius 3 is 2.32 bits per heavy atom. The number of rotatable bonds is 6. The summed E-state index contributed by atoms with van der Waals surface area (Å²) in [5.74, 6) is 1.33. The van der Waals surface area contributed by atoms with Crippen molar-refractivity contribution in [3.8, 4) is 0 Å². The lowest BCUT2D eigenvalue weighted by atomic mass is 9.95. The highest BCUT2D eigenvalue weighted by Gasteiger charge is 2.40. The number of benzene rings is 2. The summed E-state index contributed by atoms with van der Waals surface area (Å²) in [7, 11) is -3.44. The fraction of sp³-hybridized carbons (Fsp3) is 0.409. The van der Waals surface area contributed by atoms with Gasteiger partial charge in [-0.3, -0.25) is 9.10 Å². The van der Waals surface area contributed by atoms with Gasteiger partial charge in [-0.2, -0.15) is 0 Å². The highest BCUT2D eigenvalue weighted by atomic mass is 32.2. The van der Waals surface area contributed by atoms with Crippen LogP contribution in [0.3, 0.4) is 0 Å². The second kappa shape index (κ2) is 7.59. The summed E-state index contributed by atoms with van der Waals surface area (Å²) < 4.78 is 26.0. The number of hydrogen-bond acceptors (Lipinski definition) is 3. The number of sulfonamides is 1. The average molecular weight is 399 g/mol. The van der Waals surface area contributed by atoms with Crippen LogP contribution in [-0.4, -0.2) is 26.6 Å². The first-order valence-corrected chi connectivity index (χ1v) is 11.7. The predicted octanol–water partition coefficient (Wildman–Crippen LogP) is 3.57. The maximum absolute atomic E-state index is 12.6. The van der Waals surface area contributed by atoms with E-state index in [-0.39, 0.29) is 18.5 Å². The van der Waals surface area contributed by atoms with Crippen molar-refractivity contribution in [2.45, 2.75) is 38.3 Å². The lowest BCUT2D eigenvalue weighted by Gasteiger charge is -2.24. The molecule has 0 unspecified atom stereocenters. The van der Waals surface area contributed by atoms with Crippen LogP contribution < -0.4 is 9.62 Å². The van der Waals surface area contributed by atoms with E-state index in [4.69, 9.17) is 0 Å². The Labute approximate surface area is 166 Å². The molecule has 0 aromatic heterocycles. The zero-order valence-electron chi connectivity index (χ0n) is 16.0. The third-order valence-electron chi connectivity index (χ3n) is 6.04. The van der Waals surface area contributed by atoms with E-state index in [0.29, 0.717) is 17.2 Å². The minimum absolute atomic E-state index is 0.0712. The molecule has 4 rings (SSSR count). The Morgan fingerprint density at radius 2 is 1.75 bits per heavy atom. The molecule has 28 heavy (non-hydrogen) atoms. The monoisotopic (exact) mass is 398 g/mol. The molecule has 148 valence electrons. The number of amides is 1. The molecule has 2 bridgehead atoms. The van der Waals surface area contributed by atoms with E-state index in [1.54, 1.807) is 24.3 Å². The number of nitrogens with zero attached hydrogens (tertiary/aromatic N) is 1. The Bertz CT molecular complexity index is 942. The van der Waals surface area contributed by atoms with Gasteiger partial charge in [0.2, 0.25) is 10.0 Å². The van der Waals surface area contributed by atoms with E-state index in [9.17, 15) is 13.2 Å². The van der Waals surface area contributed by atoms with Gasteiger partial charge in [0.25, 0.3) is 5.91 Å². The van der Waals surface area contributed by atoms with Crippen molar-refractivity contribution in [1.82, 2.24) is 5.32 Å². The van der Waals surface area contributed by atoms with Crippen molar-refractivity contribution in [1.29, 1.82) is 0 Å². The van der Waals surface area contributed by atoms with E-state index in [2.05, 4.69) is 5.32 Å².